The zero-order valence-electron chi connectivity index (χ0n) is 14.0. The van der Waals surface area contributed by atoms with Crippen molar-refractivity contribution < 1.29 is 14.3 Å². The molecule has 1 aliphatic heterocycles. The van der Waals surface area contributed by atoms with Crippen molar-refractivity contribution in [2.75, 3.05) is 13.1 Å². The van der Waals surface area contributed by atoms with Crippen LogP contribution in [0.3, 0.4) is 0 Å². The van der Waals surface area contributed by atoms with Crippen molar-refractivity contribution in [3.63, 3.8) is 0 Å². The number of ether oxygens (including phenoxy) is 1. The molecular weight excluding hydrogens is 320 g/mol. The highest BCUT2D eigenvalue weighted by molar-refractivity contribution is 6.34. The molecule has 0 unspecified atom stereocenters. The van der Waals surface area contributed by atoms with Crippen LogP contribution in [0.25, 0.3) is 0 Å². The third-order valence-corrected chi connectivity index (χ3v) is 3.73. The molecular formula is C15H23ClN4O3. The van der Waals surface area contributed by atoms with Crippen LogP contribution in [-0.2, 0) is 17.8 Å². The summed E-state index contributed by atoms with van der Waals surface area (Å²) in [7, 11) is 0. The summed E-state index contributed by atoms with van der Waals surface area (Å²) in [5.74, 6) is -0.304. The molecule has 2 heterocycles. The average molecular weight is 343 g/mol. The molecule has 0 spiro atoms. The van der Waals surface area contributed by atoms with Gasteiger partial charge in [0.2, 0.25) is 0 Å². The van der Waals surface area contributed by atoms with Crippen molar-refractivity contribution in [1.82, 2.24) is 20.0 Å². The number of aromatic nitrogens is 2. The summed E-state index contributed by atoms with van der Waals surface area (Å²) in [5.41, 5.74) is 0.311. The first-order valence-corrected chi connectivity index (χ1v) is 8.12. The molecule has 1 aromatic heterocycles. The second-order valence-electron chi connectivity index (χ2n) is 6.45. The molecule has 128 valence electrons. The fourth-order valence-corrected chi connectivity index (χ4v) is 2.63. The molecule has 0 saturated heterocycles. The molecule has 2 rings (SSSR count). The van der Waals surface area contributed by atoms with E-state index in [1.807, 2.05) is 27.7 Å². The van der Waals surface area contributed by atoms with Crippen LogP contribution in [0.4, 0.5) is 4.79 Å². The molecule has 2 amide bonds. The highest BCUT2D eigenvalue weighted by Gasteiger charge is 2.29. The predicted octanol–water partition coefficient (Wildman–Crippen LogP) is 2.43. The summed E-state index contributed by atoms with van der Waals surface area (Å²) in [6.45, 7) is 9.25. The van der Waals surface area contributed by atoms with Gasteiger partial charge in [0.1, 0.15) is 5.60 Å². The average Bonchev–Trinajstić information content (AvgIpc) is 2.62. The van der Waals surface area contributed by atoms with Gasteiger partial charge in [0.05, 0.1) is 17.3 Å². The lowest BCUT2D eigenvalue weighted by atomic mass is 10.2. The fourth-order valence-electron chi connectivity index (χ4n) is 2.35. The Kier molecular flexibility index (Phi) is 5.19. The number of fused-ring (bicyclic) bond motifs is 1. The molecule has 1 aromatic rings. The number of nitrogens with zero attached hydrogens (tertiary/aromatic N) is 3. The van der Waals surface area contributed by atoms with Crippen molar-refractivity contribution in [1.29, 1.82) is 0 Å². The quantitative estimate of drug-likeness (QED) is 0.895. The van der Waals surface area contributed by atoms with Crippen LogP contribution in [0.15, 0.2) is 0 Å². The van der Waals surface area contributed by atoms with Crippen molar-refractivity contribution in [3.8, 4) is 0 Å². The van der Waals surface area contributed by atoms with E-state index in [1.165, 1.54) is 0 Å². The van der Waals surface area contributed by atoms with Crippen LogP contribution in [0.2, 0.25) is 5.02 Å². The molecule has 0 fully saturated rings. The van der Waals surface area contributed by atoms with Crippen molar-refractivity contribution in [3.05, 3.63) is 16.4 Å². The van der Waals surface area contributed by atoms with Gasteiger partial charge in [-0.05, 0) is 34.1 Å². The zero-order chi connectivity index (χ0) is 17.2. The molecule has 1 N–H and O–H groups in total. The molecule has 0 aromatic carbocycles. The van der Waals surface area contributed by atoms with E-state index < -0.39 is 5.60 Å². The summed E-state index contributed by atoms with van der Waals surface area (Å²) in [5, 5.41) is 7.28. The first kappa shape index (κ1) is 17.6. The Bertz CT molecular complexity index is 607. The minimum Gasteiger partial charge on any atom is -0.444 e. The number of halogens is 1. The van der Waals surface area contributed by atoms with Gasteiger partial charge in [0, 0.05) is 19.6 Å². The van der Waals surface area contributed by atoms with E-state index in [1.54, 1.807) is 9.58 Å². The highest BCUT2D eigenvalue weighted by Crippen LogP contribution is 2.25. The molecule has 0 atom stereocenters. The summed E-state index contributed by atoms with van der Waals surface area (Å²) in [6, 6.07) is 0. The van der Waals surface area contributed by atoms with Gasteiger partial charge in [-0.15, -0.1) is 0 Å². The number of carbonyl (C=O) groups is 2. The predicted molar refractivity (Wildman–Crippen MR) is 86.5 cm³/mol. The van der Waals surface area contributed by atoms with Crippen molar-refractivity contribution in [2.45, 2.75) is 52.8 Å². The number of nitrogens with one attached hydrogen (secondary N) is 1. The van der Waals surface area contributed by atoms with Gasteiger partial charge in [-0.2, -0.15) is 5.10 Å². The van der Waals surface area contributed by atoms with Gasteiger partial charge in [0.25, 0.3) is 5.91 Å². The summed E-state index contributed by atoms with van der Waals surface area (Å²) < 4.78 is 7.12. The number of aryl methyl sites for hydroxylation is 1. The van der Waals surface area contributed by atoms with E-state index >= 15 is 0 Å². The van der Waals surface area contributed by atoms with Crippen LogP contribution in [0, 0.1) is 0 Å². The van der Waals surface area contributed by atoms with Gasteiger partial charge < -0.3 is 15.0 Å². The maximum atomic E-state index is 12.3. The van der Waals surface area contributed by atoms with E-state index in [-0.39, 0.29) is 24.2 Å². The van der Waals surface area contributed by atoms with Crippen LogP contribution >= 0.6 is 11.6 Å². The number of hydrogen-bond acceptors (Lipinski definition) is 4. The summed E-state index contributed by atoms with van der Waals surface area (Å²) in [6.07, 6.45) is 0.335. The second kappa shape index (κ2) is 6.78. The fraction of sp³-hybridized carbons (Fsp3) is 0.667. The lowest BCUT2D eigenvalue weighted by Gasteiger charge is -2.26. The van der Waals surface area contributed by atoms with E-state index in [0.29, 0.717) is 30.4 Å². The third kappa shape index (κ3) is 4.16. The lowest BCUT2D eigenvalue weighted by Crippen LogP contribution is -2.36. The normalized spacial score (nSPS) is 14.9. The Hall–Kier alpha value is -1.76. The van der Waals surface area contributed by atoms with Crippen molar-refractivity contribution >= 4 is 23.6 Å². The Morgan fingerprint density at radius 1 is 1.35 bits per heavy atom. The molecule has 1 aliphatic rings. The zero-order valence-corrected chi connectivity index (χ0v) is 14.7. The molecule has 0 saturated carbocycles. The maximum Gasteiger partial charge on any atom is 0.410 e. The minimum absolute atomic E-state index is 0.203. The summed E-state index contributed by atoms with van der Waals surface area (Å²) >= 11 is 6.33. The Balaban J connectivity index is 2.22. The van der Waals surface area contributed by atoms with Gasteiger partial charge in [0.15, 0.2) is 5.69 Å². The smallest absolute Gasteiger partial charge is 0.410 e. The maximum absolute atomic E-state index is 12.3. The highest BCUT2D eigenvalue weighted by atomic mass is 35.5. The lowest BCUT2D eigenvalue weighted by molar-refractivity contribution is 0.0236. The first-order chi connectivity index (χ1) is 10.7. The van der Waals surface area contributed by atoms with E-state index in [4.69, 9.17) is 16.3 Å². The minimum atomic E-state index is -0.556. The van der Waals surface area contributed by atoms with Crippen LogP contribution < -0.4 is 5.32 Å². The largest absolute Gasteiger partial charge is 0.444 e. The second-order valence-corrected chi connectivity index (χ2v) is 6.83. The van der Waals surface area contributed by atoms with E-state index in [0.717, 1.165) is 6.42 Å². The molecule has 0 aliphatic carbocycles. The van der Waals surface area contributed by atoms with Crippen LogP contribution in [-0.4, -0.2) is 45.4 Å². The Labute approximate surface area is 140 Å². The van der Waals surface area contributed by atoms with Gasteiger partial charge in [-0.1, -0.05) is 11.6 Å². The number of hydrogen-bond donors (Lipinski definition) is 1. The van der Waals surface area contributed by atoms with Crippen LogP contribution in [0.5, 0.6) is 0 Å². The molecule has 8 heteroatoms. The van der Waals surface area contributed by atoms with Crippen LogP contribution in [0.1, 0.15) is 50.3 Å². The molecule has 23 heavy (non-hydrogen) atoms. The number of carbonyl (C=O) groups excluding carboxylic acids is 2. The van der Waals surface area contributed by atoms with Gasteiger partial charge in [-0.25, -0.2) is 4.79 Å². The third-order valence-electron chi connectivity index (χ3n) is 3.34. The van der Waals surface area contributed by atoms with Gasteiger partial charge in [-0.3, -0.25) is 9.48 Å². The first-order valence-electron chi connectivity index (χ1n) is 7.74. The summed E-state index contributed by atoms with van der Waals surface area (Å²) in [4.78, 5) is 25.9. The molecule has 0 radical (unpaired) electrons. The van der Waals surface area contributed by atoms with E-state index in [9.17, 15) is 9.59 Å². The van der Waals surface area contributed by atoms with E-state index in [2.05, 4.69) is 10.4 Å². The topological polar surface area (TPSA) is 76.5 Å². The monoisotopic (exact) mass is 342 g/mol. The SMILES string of the molecule is CCNC(=O)c1nn2c(c1Cl)CN(C(=O)OC(C)(C)C)CCC2. The van der Waals surface area contributed by atoms with Gasteiger partial charge >= 0.3 is 6.09 Å². The standard InChI is InChI=1S/C15H23ClN4O3/c1-5-17-13(21)12-11(16)10-9-19(7-6-8-20(10)18-12)14(22)23-15(2,3)4/h5-9H2,1-4H3,(H,17,21). The van der Waals surface area contributed by atoms with Crippen molar-refractivity contribution in [2.24, 2.45) is 0 Å². The Morgan fingerprint density at radius 3 is 2.65 bits per heavy atom. The molecule has 7 nitrogen and oxygen atoms in total. The number of rotatable bonds is 2. The number of amides is 2. The Morgan fingerprint density at radius 2 is 2.04 bits per heavy atom. The molecule has 0 bridgehead atoms.